The predicted octanol–water partition coefficient (Wildman–Crippen LogP) is 4.80. The van der Waals surface area contributed by atoms with Crippen molar-refractivity contribution in [3.8, 4) is 11.5 Å². The van der Waals surface area contributed by atoms with Crippen molar-refractivity contribution in [2.75, 3.05) is 7.11 Å². The lowest BCUT2D eigenvalue weighted by atomic mass is 10.1. The molecule has 2 aromatic rings. The molecule has 6 heteroatoms. The zero-order valence-electron chi connectivity index (χ0n) is 12.1. The van der Waals surface area contributed by atoms with Crippen molar-refractivity contribution in [1.82, 2.24) is 0 Å². The molecule has 0 amide bonds. The third kappa shape index (κ3) is 4.75. The summed E-state index contributed by atoms with van der Waals surface area (Å²) < 4.78 is 35.6. The Kier molecular flexibility index (Phi) is 6.09. The molecule has 0 saturated carbocycles. The summed E-state index contributed by atoms with van der Waals surface area (Å²) in [6, 6.07) is 11.8. The minimum Gasteiger partial charge on any atom is -0.493 e. The van der Waals surface area contributed by atoms with E-state index in [1.54, 1.807) is 24.3 Å². The molecule has 0 heterocycles. The van der Waals surface area contributed by atoms with Gasteiger partial charge in [-0.2, -0.15) is 8.78 Å². The number of allylic oxidation sites excluding steroid dienone is 1. The van der Waals surface area contributed by atoms with Crippen LogP contribution < -0.4 is 9.47 Å². The minimum absolute atomic E-state index is 0.100. The van der Waals surface area contributed by atoms with E-state index in [1.165, 1.54) is 25.3 Å². The molecule has 0 spiro atoms. The predicted molar refractivity (Wildman–Crippen MR) is 92.1 cm³/mol. The molecule has 0 fully saturated rings. The van der Waals surface area contributed by atoms with Crippen molar-refractivity contribution in [2.45, 2.75) is 6.61 Å². The van der Waals surface area contributed by atoms with Gasteiger partial charge >= 0.3 is 6.61 Å². The standard InChI is InChI=1S/C17H13F2IO3/c1-22-15-4-2-3-12(16(15)23-17(18)19)7-10-14(21)11-5-8-13(20)9-6-11/h2-10,17H,1H3/b10-7+. The van der Waals surface area contributed by atoms with Gasteiger partial charge in [-0.3, -0.25) is 4.79 Å². The van der Waals surface area contributed by atoms with E-state index >= 15 is 0 Å². The summed E-state index contributed by atoms with van der Waals surface area (Å²) in [5, 5.41) is 0. The molecule has 2 aromatic carbocycles. The Bertz CT molecular complexity index is 712. The summed E-state index contributed by atoms with van der Waals surface area (Å²) in [5.41, 5.74) is 0.851. The molecule has 0 bridgehead atoms. The van der Waals surface area contributed by atoms with Gasteiger partial charge in [-0.15, -0.1) is 0 Å². The number of alkyl halides is 2. The second-order valence-corrected chi connectivity index (χ2v) is 5.71. The van der Waals surface area contributed by atoms with Gasteiger partial charge in [0.25, 0.3) is 0 Å². The smallest absolute Gasteiger partial charge is 0.387 e. The zero-order chi connectivity index (χ0) is 16.8. The van der Waals surface area contributed by atoms with Crippen molar-refractivity contribution in [3.63, 3.8) is 0 Å². The lowest BCUT2D eigenvalue weighted by Crippen LogP contribution is -2.05. The molecule has 0 atom stereocenters. The monoisotopic (exact) mass is 430 g/mol. The highest BCUT2D eigenvalue weighted by atomic mass is 127. The first kappa shape index (κ1) is 17.4. The van der Waals surface area contributed by atoms with E-state index in [0.29, 0.717) is 11.1 Å². The Morgan fingerprint density at radius 3 is 2.48 bits per heavy atom. The summed E-state index contributed by atoms with van der Waals surface area (Å²) in [5.74, 6) is -0.155. The largest absolute Gasteiger partial charge is 0.493 e. The number of carbonyl (C=O) groups excluding carboxylic acids is 1. The van der Waals surface area contributed by atoms with Gasteiger partial charge in [0.2, 0.25) is 0 Å². The van der Waals surface area contributed by atoms with E-state index in [4.69, 9.17) is 4.74 Å². The fourth-order valence-corrected chi connectivity index (χ4v) is 2.28. The summed E-state index contributed by atoms with van der Waals surface area (Å²) in [6.45, 7) is -2.98. The number of ketones is 1. The van der Waals surface area contributed by atoms with Gasteiger partial charge in [0.15, 0.2) is 17.3 Å². The van der Waals surface area contributed by atoms with Crippen molar-refractivity contribution >= 4 is 34.5 Å². The van der Waals surface area contributed by atoms with E-state index in [1.807, 2.05) is 12.1 Å². The molecule has 120 valence electrons. The van der Waals surface area contributed by atoms with E-state index in [9.17, 15) is 13.6 Å². The van der Waals surface area contributed by atoms with E-state index in [2.05, 4.69) is 27.3 Å². The van der Waals surface area contributed by atoms with Crippen LogP contribution in [0.4, 0.5) is 8.78 Å². The fraction of sp³-hybridized carbons (Fsp3) is 0.118. The van der Waals surface area contributed by atoms with Crippen LogP contribution in [0.25, 0.3) is 6.08 Å². The summed E-state index contributed by atoms with van der Waals surface area (Å²) >= 11 is 2.14. The van der Waals surface area contributed by atoms with Crippen molar-refractivity contribution in [2.24, 2.45) is 0 Å². The van der Waals surface area contributed by atoms with E-state index in [-0.39, 0.29) is 17.3 Å². The van der Waals surface area contributed by atoms with Crippen LogP contribution in [-0.4, -0.2) is 19.5 Å². The Balaban J connectivity index is 2.28. The lowest BCUT2D eigenvalue weighted by Gasteiger charge is -2.12. The molecule has 0 unspecified atom stereocenters. The second-order valence-electron chi connectivity index (χ2n) is 4.46. The molecule has 0 radical (unpaired) electrons. The Morgan fingerprint density at radius 1 is 1.17 bits per heavy atom. The Labute approximate surface area is 146 Å². The maximum Gasteiger partial charge on any atom is 0.387 e. The number of ether oxygens (including phenoxy) is 2. The van der Waals surface area contributed by atoms with Crippen LogP contribution in [0.1, 0.15) is 15.9 Å². The van der Waals surface area contributed by atoms with Crippen LogP contribution in [0, 0.1) is 3.57 Å². The molecule has 0 aliphatic carbocycles. The highest BCUT2D eigenvalue weighted by molar-refractivity contribution is 14.1. The van der Waals surface area contributed by atoms with Crippen LogP contribution in [0.5, 0.6) is 11.5 Å². The SMILES string of the molecule is COc1cccc(/C=C/C(=O)c2ccc(I)cc2)c1OC(F)F. The summed E-state index contributed by atoms with van der Waals surface area (Å²) in [7, 11) is 1.36. The molecule has 2 rings (SSSR count). The molecular formula is C17H13F2IO3. The summed E-state index contributed by atoms with van der Waals surface area (Å²) in [4.78, 5) is 12.1. The normalized spacial score (nSPS) is 11.0. The number of halogens is 3. The van der Waals surface area contributed by atoms with Crippen LogP contribution in [0.15, 0.2) is 48.5 Å². The maximum absolute atomic E-state index is 12.5. The Morgan fingerprint density at radius 2 is 1.87 bits per heavy atom. The van der Waals surface area contributed by atoms with Crippen LogP contribution in [0.2, 0.25) is 0 Å². The summed E-state index contributed by atoms with van der Waals surface area (Å²) in [6.07, 6.45) is 2.75. The number of rotatable bonds is 6. The molecule has 0 N–H and O–H groups in total. The lowest BCUT2D eigenvalue weighted by molar-refractivity contribution is -0.0513. The first-order valence-electron chi connectivity index (χ1n) is 6.61. The van der Waals surface area contributed by atoms with Crippen molar-refractivity contribution in [1.29, 1.82) is 0 Å². The van der Waals surface area contributed by atoms with Gasteiger partial charge in [0, 0.05) is 14.7 Å². The molecule has 0 saturated heterocycles. The number of carbonyl (C=O) groups is 1. The van der Waals surface area contributed by atoms with Gasteiger partial charge in [0.1, 0.15) is 0 Å². The number of methoxy groups -OCH3 is 1. The van der Waals surface area contributed by atoms with Gasteiger partial charge in [-0.1, -0.05) is 24.3 Å². The van der Waals surface area contributed by atoms with Crippen molar-refractivity contribution in [3.05, 3.63) is 63.2 Å². The van der Waals surface area contributed by atoms with Crippen LogP contribution >= 0.6 is 22.6 Å². The van der Waals surface area contributed by atoms with E-state index < -0.39 is 6.61 Å². The number of benzene rings is 2. The average molecular weight is 430 g/mol. The highest BCUT2D eigenvalue weighted by Crippen LogP contribution is 2.33. The van der Waals surface area contributed by atoms with Crippen LogP contribution in [0.3, 0.4) is 0 Å². The number of hydrogen-bond donors (Lipinski definition) is 0. The van der Waals surface area contributed by atoms with Crippen LogP contribution in [-0.2, 0) is 0 Å². The molecular weight excluding hydrogens is 417 g/mol. The molecule has 23 heavy (non-hydrogen) atoms. The third-order valence-electron chi connectivity index (χ3n) is 2.98. The van der Waals surface area contributed by atoms with Gasteiger partial charge < -0.3 is 9.47 Å². The quantitative estimate of drug-likeness (QED) is 0.376. The second kappa shape index (κ2) is 8.05. The third-order valence-corrected chi connectivity index (χ3v) is 3.70. The first-order chi connectivity index (χ1) is 11.0. The average Bonchev–Trinajstić information content (AvgIpc) is 2.53. The first-order valence-corrected chi connectivity index (χ1v) is 7.69. The van der Waals surface area contributed by atoms with E-state index in [0.717, 1.165) is 3.57 Å². The van der Waals surface area contributed by atoms with Crippen molar-refractivity contribution < 1.29 is 23.0 Å². The number of para-hydroxylation sites is 1. The molecule has 0 aliphatic rings. The number of hydrogen-bond acceptors (Lipinski definition) is 3. The highest BCUT2D eigenvalue weighted by Gasteiger charge is 2.14. The topological polar surface area (TPSA) is 35.5 Å². The molecule has 0 aliphatic heterocycles. The molecule has 0 aromatic heterocycles. The van der Waals surface area contributed by atoms with Gasteiger partial charge in [-0.25, -0.2) is 0 Å². The minimum atomic E-state index is -2.98. The molecule has 3 nitrogen and oxygen atoms in total. The maximum atomic E-state index is 12.5. The van der Waals surface area contributed by atoms with Gasteiger partial charge in [0.05, 0.1) is 7.11 Å². The zero-order valence-corrected chi connectivity index (χ0v) is 14.3. The van der Waals surface area contributed by atoms with Gasteiger partial charge in [-0.05, 0) is 52.9 Å². The fourth-order valence-electron chi connectivity index (χ4n) is 1.92. The Hall–Kier alpha value is -1.96.